The molecule has 5 nitrogen and oxygen atoms in total. The number of hydrogen-bond acceptors (Lipinski definition) is 3. The molecule has 1 aliphatic heterocycles. The maximum atomic E-state index is 12.1. The Labute approximate surface area is 138 Å². The second kappa shape index (κ2) is 7.77. The maximum Gasteiger partial charge on any atom is 0.224 e. The van der Waals surface area contributed by atoms with Gasteiger partial charge < -0.3 is 5.32 Å². The van der Waals surface area contributed by atoms with Crippen LogP contribution in [0.3, 0.4) is 0 Å². The van der Waals surface area contributed by atoms with E-state index in [1.807, 2.05) is 6.92 Å². The molecule has 1 amide bonds. The molecule has 0 aromatic carbocycles. The van der Waals surface area contributed by atoms with Crippen LogP contribution in [0.15, 0.2) is 17.7 Å². The summed E-state index contributed by atoms with van der Waals surface area (Å²) < 4.78 is 0. The first-order chi connectivity index (χ1) is 11.2. The Morgan fingerprint density at radius 1 is 1.48 bits per heavy atom. The van der Waals surface area contributed by atoms with Gasteiger partial charge in [0.2, 0.25) is 5.91 Å². The molecule has 23 heavy (non-hydrogen) atoms. The van der Waals surface area contributed by atoms with Gasteiger partial charge in [-0.1, -0.05) is 11.6 Å². The quantitative estimate of drug-likeness (QED) is 0.793. The average Bonchev–Trinajstić information content (AvgIpc) is 3.16. The van der Waals surface area contributed by atoms with E-state index in [1.165, 1.54) is 18.4 Å². The van der Waals surface area contributed by atoms with Gasteiger partial charge in [0.15, 0.2) is 0 Å². The normalized spacial score (nSPS) is 22.1. The molecule has 5 heteroatoms. The molecule has 2 aliphatic rings. The van der Waals surface area contributed by atoms with Crippen molar-refractivity contribution in [1.82, 2.24) is 20.4 Å². The molecule has 1 fully saturated rings. The van der Waals surface area contributed by atoms with E-state index >= 15 is 0 Å². The van der Waals surface area contributed by atoms with Gasteiger partial charge in [0.1, 0.15) is 0 Å². The first kappa shape index (κ1) is 16.2. The first-order valence-electron chi connectivity index (χ1n) is 8.87. The van der Waals surface area contributed by atoms with Gasteiger partial charge >= 0.3 is 0 Å². The summed E-state index contributed by atoms with van der Waals surface area (Å²) >= 11 is 0. The number of aromatic nitrogens is 2. The highest BCUT2D eigenvalue weighted by atomic mass is 16.1. The van der Waals surface area contributed by atoms with Crippen molar-refractivity contribution in [2.75, 3.05) is 19.6 Å². The molecule has 1 unspecified atom stereocenters. The summed E-state index contributed by atoms with van der Waals surface area (Å²) in [6.07, 6.45) is 8.78. The van der Waals surface area contributed by atoms with Gasteiger partial charge in [-0.3, -0.25) is 14.8 Å². The summed E-state index contributed by atoms with van der Waals surface area (Å²) in [5.74, 6) is 0.763. The SMILES string of the molecule is Cc1cc(CN2CCC(CNC(=O)CC3=CCCCC3)C2)n[nH]1. The van der Waals surface area contributed by atoms with Crippen molar-refractivity contribution < 1.29 is 4.79 Å². The van der Waals surface area contributed by atoms with Crippen LogP contribution in [0.5, 0.6) is 0 Å². The van der Waals surface area contributed by atoms with Crippen molar-refractivity contribution in [3.63, 3.8) is 0 Å². The standard InChI is InChI=1S/C18H28N4O/c1-14-9-17(21-20-14)13-22-8-7-16(12-22)11-19-18(23)10-15-5-3-2-4-6-15/h5,9,16H,2-4,6-8,10-13H2,1H3,(H,19,23)(H,20,21). The zero-order valence-electron chi connectivity index (χ0n) is 14.1. The fraction of sp³-hybridized carbons (Fsp3) is 0.667. The van der Waals surface area contributed by atoms with Crippen LogP contribution in [0.4, 0.5) is 0 Å². The highest BCUT2D eigenvalue weighted by molar-refractivity contribution is 5.78. The molecule has 0 spiro atoms. The smallest absolute Gasteiger partial charge is 0.224 e. The molecule has 3 rings (SSSR count). The number of carbonyl (C=O) groups is 1. The van der Waals surface area contributed by atoms with Crippen molar-refractivity contribution in [1.29, 1.82) is 0 Å². The molecule has 2 N–H and O–H groups in total. The number of aromatic amines is 1. The summed E-state index contributed by atoms with van der Waals surface area (Å²) in [5.41, 5.74) is 3.55. The fourth-order valence-corrected chi connectivity index (χ4v) is 3.60. The van der Waals surface area contributed by atoms with Crippen LogP contribution in [0.1, 0.15) is 49.9 Å². The molecule has 126 valence electrons. The lowest BCUT2D eigenvalue weighted by molar-refractivity contribution is -0.120. The summed E-state index contributed by atoms with van der Waals surface area (Å²) in [4.78, 5) is 14.5. The highest BCUT2D eigenvalue weighted by Gasteiger charge is 2.23. The lowest BCUT2D eigenvalue weighted by Crippen LogP contribution is -2.31. The monoisotopic (exact) mass is 316 g/mol. The topological polar surface area (TPSA) is 61.0 Å². The van der Waals surface area contributed by atoms with Crippen LogP contribution in [-0.2, 0) is 11.3 Å². The molecule has 0 saturated carbocycles. The van der Waals surface area contributed by atoms with Gasteiger partial charge in [0.05, 0.1) is 5.69 Å². The Balaban J connectivity index is 1.36. The third-order valence-electron chi connectivity index (χ3n) is 4.88. The molecule has 0 bridgehead atoms. The zero-order valence-corrected chi connectivity index (χ0v) is 14.1. The number of carbonyl (C=O) groups excluding carboxylic acids is 1. The molecule has 1 atom stereocenters. The average molecular weight is 316 g/mol. The van der Waals surface area contributed by atoms with Gasteiger partial charge in [-0.15, -0.1) is 0 Å². The van der Waals surface area contributed by atoms with Gasteiger partial charge in [0.25, 0.3) is 0 Å². The first-order valence-corrected chi connectivity index (χ1v) is 8.87. The van der Waals surface area contributed by atoms with E-state index in [1.54, 1.807) is 0 Å². The number of likely N-dealkylation sites (tertiary alicyclic amines) is 1. The Morgan fingerprint density at radius 3 is 3.13 bits per heavy atom. The maximum absolute atomic E-state index is 12.1. The number of hydrogen-bond donors (Lipinski definition) is 2. The third-order valence-corrected chi connectivity index (χ3v) is 4.88. The third kappa shape index (κ3) is 4.93. The minimum Gasteiger partial charge on any atom is -0.355 e. The molecule has 1 aliphatic carbocycles. The van der Waals surface area contributed by atoms with E-state index in [0.717, 1.165) is 56.8 Å². The van der Waals surface area contributed by atoms with Crippen LogP contribution in [0, 0.1) is 12.8 Å². The van der Waals surface area contributed by atoms with E-state index in [4.69, 9.17) is 0 Å². The van der Waals surface area contributed by atoms with Gasteiger partial charge in [-0.2, -0.15) is 5.10 Å². The van der Waals surface area contributed by atoms with Crippen molar-refractivity contribution in [3.8, 4) is 0 Å². The van der Waals surface area contributed by atoms with E-state index in [9.17, 15) is 4.79 Å². The van der Waals surface area contributed by atoms with Gasteiger partial charge in [0, 0.05) is 31.7 Å². The number of H-pyrrole nitrogens is 1. The predicted molar refractivity (Wildman–Crippen MR) is 90.9 cm³/mol. The number of nitrogens with zero attached hydrogens (tertiary/aromatic N) is 2. The van der Waals surface area contributed by atoms with Gasteiger partial charge in [-0.25, -0.2) is 0 Å². The van der Waals surface area contributed by atoms with E-state index in [0.29, 0.717) is 12.3 Å². The van der Waals surface area contributed by atoms with Crippen LogP contribution in [0.2, 0.25) is 0 Å². The summed E-state index contributed by atoms with van der Waals surface area (Å²) in [6, 6.07) is 2.10. The summed E-state index contributed by atoms with van der Waals surface area (Å²) in [7, 11) is 0. The van der Waals surface area contributed by atoms with Crippen molar-refractivity contribution in [2.45, 2.75) is 52.0 Å². The molecular formula is C18H28N4O. The molecule has 0 radical (unpaired) electrons. The van der Waals surface area contributed by atoms with Crippen molar-refractivity contribution in [2.24, 2.45) is 5.92 Å². The van der Waals surface area contributed by atoms with Crippen molar-refractivity contribution >= 4 is 5.91 Å². The van der Waals surface area contributed by atoms with E-state index in [2.05, 4.69) is 32.6 Å². The van der Waals surface area contributed by atoms with E-state index in [-0.39, 0.29) is 5.91 Å². The van der Waals surface area contributed by atoms with Crippen LogP contribution < -0.4 is 5.32 Å². The predicted octanol–water partition coefficient (Wildman–Crippen LogP) is 2.55. The molecule has 2 heterocycles. The lowest BCUT2D eigenvalue weighted by Gasteiger charge is -2.16. The Hall–Kier alpha value is -1.62. The van der Waals surface area contributed by atoms with Gasteiger partial charge in [-0.05, 0) is 57.6 Å². The largest absolute Gasteiger partial charge is 0.355 e. The van der Waals surface area contributed by atoms with E-state index < -0.39 is 0 Å². The molecule has 1 aromatic heterocycles. The van der Waals surface area contributed by atoms with Crippen LogP contribution in [0.25, 0.3) is 0 Å². The molecule has 1 aromatic rings. The molecule has 1 saturated heterocycles. The summed E-state index contributed by atoms with van der Waals surface area (Å²) in [5, 5.41) is 10.4. The Bertz CT molecular complexity index is 563. The highest BCUT2D eigenvalue weighted by Crippen LogP contribution is 2.20. The van der Waals surface area contributed by atoms with Crippen LogP contribution in [-0.4, -0.2) is 40.6 Å². The Morgan fingerprint density at radius 2 is 2.39 bits per heavy atom. The minimum absolute atomic E-state index is 0.194. The zero-order chi connectivity index (χ0) is 16.1. The second-order valence-corrected chi connectivity index (χ2v) is 7.02. The number of aryl methyl sites for hydroxylation is 1. The summed E-state index contributed by atoms with van der Waals surface area (Å²) in [6.45, 7) is 5.89. The lowest BCUT2D eigenvalue weighted by atomic mass is 9.97. The Kier molecular flexibility index (Phi) is 5.49. The number of nitrogens with one attached hydrogen (secondary N) is 2. The molecular weight excluding hydrogens is 288 g/mol. The van der Waals surface area contributed by atoms with Crippen LogP contribution >= 0.6 is 0 Å². The minimum atomic E-state index is 0.194. The fourth-order valence-electron chi connectivity index (χ4n) is 3.60. The number of rotatable bonds is 6. The number of allylic oxidation sites excluding steroid dienone is 1. The number of amides is 1. The second-order valence-electron chi connectivity index (χ2n) is 7.02. The van der Waals surface area contributed by atoms with Crippen molar-refractivity contribution in [3.05, 3.63) is 29.1 Å².